The van der Waals surface area contributed by atoms with Crippen molar-refractivity contribution in [2.24, 2.45) is 0 Å². The Balaban J connectivity index is 1.63. The minimum Gasteiger partial charge on any atom is -0.352 e. The molecule has 2 amide bonds. The predicted octanol–water partition coefficient (Wildman–Crippen LogP) is 5.36. The summed E-state index contributed by atoms with van der Waals surface area (Å²) < 4.78 is 28.8. The highest BCUT2D eigenvalue weighted by Gasteiger charge is 2.33. The lowest BCUT2D eigenvalue weighted by Crippen LogP contribution is -2.53. The van der Waals surface area contributed by atoms with Gasteiger partial charge < -0.3 is 10.2 Å². The highest BCUT2D eigenvalue weighted by molar-refractivity contribution is 7.92. The molecule has 0 heterocycles. The third-order valence-corrected chi connectivity index (χ3v) is 9.40. The van der Waals surface area contributed by atoms with E-state index < -0.39 is 28.5 Å². The number of halogens is 1. The smallest absolute Gasteiger partial charge is 0.264 e. The lowest BCUT2D eigenvalue weighted by atomic mass is 10.1. The zero-order valence-electron chi connectivity index (χ0n) is 22.9. The maximum Gasteiger partial charge on any atom is 0.264 e. The summed E-state index contributed by atoms with van der Waals surface area (Å²) in [7, 11) is -4.12. The largest absolute Gasteiger partial charge is 0.352 e. The van der Waals surface area contributed by atoms with Gasteiger partial charge in [0.15, 0.2) is 0 Å². The Bertz CT molecular complexity index is 1390. The fourth-order valence-corrected chi connectivity index (χ4v) is 6.48. The fourth-order valence-electron chi connectivity index (χ4n) is 4.94. The first-order chi connectivity index (χ1) is 19.1. The molecule has 1 N–H and O–H groups in total. The number of nitrogens with zero attached hydrogens (tertiary/aromatic N) is 2. The van der Waals surface area contributed by atoms with Gasteiger partial charge in [-0.3, -0.25) is 13.9 Å². The summed E-state index contributed by atoms with van der Waals surface area (Å²) in [5, 5.41) is 3.50. The van der Waals surface area contributed by atoms with Gasteiger partial charge in [0.05, 0.1) is 10.6 Å². The van der Waals surface area contributed by atoms with Crippen LogP contribution in [0.2, 0.25) is 5.02 Å². The maximum absolute atomic E-state index is 13.9. The number of aryl methyl sites for hydroxylation is 1. The standard InChI is InChI=1S/C31H36ClN3O4S/c1-23-12-16-28(17-13-23)35(40(38,39)29-18-14-26(32)15-19-29)22-30(36)34(21-20-25-8-4-3-5-9-25)24(2)31(37)33-27-10-6-7-11-27/h3-5,8-9,12-19,24,27H,6-7,10-11,20-22H2,1-2H3,(H,33,37)/t24-/m1/s1. The minimum absolute atomic E-state index is 0.0214. The molecule has 1 atom stereocenters. The van der Waals surface area contributed by atoms with Crippen LogP contribution in [0.1, 0.15) is 43.7 Å². The first-order valence-electron chi connectivity index (χ1n) is 13.6. The van der Waals surface area contributed by atoms with Crippen LogP contribution in [-0.4, -0.2) is 50.3 Å². The van der Waals surface area contributed by atoms with Crippen LogP contribution in [0.3, 0.4) is 0 Å². The third kappa shape index (κ3) is 7.43. The molecule has 7 nitrogen and oxygen atoms in total. The number of benzene rings is 3. The third-order valence-electron chi connectivity index (χ3n) is 7.36. The van der Waals surface area contributed by atoms with Gasteiger partial charge in [-0.05, 0) is 75.1 Å². The first-order valence-corrected chi connectivity index (χ1v) is 15.5. The van der Waals surface area contributed by atoms with Crippen molar-refractivity contribution in [3.05, 3.63) is 95.0 Å². The van der Waals surface area contributed by atoms with Crippen molar-refractivity contribution in [1.82, 2.24) is 10.2 Å². The van der Waals surface area contributed by atoms with Gasteiger partial charge in [0, 0.05) is 17.6 Å². The Morgan fingerprint density at radius 2 is 1.57 bits per heavy atom. The number of hydrogen-bond donors (Lipinski definition) is 1. The molecular weight excluding hydrogens is 546 g/mol. The average Bonchev–Trinajstić information content (AvgIpc) is 3.46. The Kier molecular flexibility index (Phi) is 9.87. The van der Waals surface area contributed by atoms with Gasteiger partial charge in [-0.1, -0.05) is 72.5 Å². The predicted molar refractivity (Wildman–Crippen MR) is 159 cm³/mol. The van der Waals surface area contributed by atoms with E-state index >= 15 is 0 Å². The van der Waals surface area contributed by atoms with Gasteiger partial charge in [-0.15, -0.1) is 0 Å². The Morgan fingerprint density at radius 1 is 0.950 bits per heavy atom. The lowest BCUT2D eigenvalue weighted by Gasteiger charge is -2.32. The van der Waals surface area contributed by atoms with Gasteiger partial charge in [-0.25, -0.2) is 8.42 Å². The SMILES string of the molecule is Cc1ccc(N(CC(=O)N(CCc2ccccc2)[C@H](C)C(=O)NC2CCCC2)S(=O)(=O)c2ccc(Cl)cc2)cc1. The molecule has 1 aliphatic carbocycles. The normalized spacial score (nSPS) is 14.5. The van der Waals surface area contributed by atoms with E-state index in [1.165, 1.54) is 29.2 Å². The molecular formula is C31H36ClN3O4S. The second-order valence-corrected chi connectivity index (χ2v) is 12.6. The summed E-state index contributed by atoms with van der Waals surface area (Å²) in [5.74, 6) is -0.682. The van der Waals surface area contributed by atoms with Crippen molar-refractivity contribution in [1.29, 1.82) is 0 Å². The van der Waals surface area contributed by atoms with Gasteiger partial charge in [0.1, 0.15) is 12.6 Å². The van der Waals surface area contributed by atoms with Crippen LogP contribution in [0.4, 0.5) is 5.69 Å². The van der Waals surface area contributed by atoms with Crippen LogP contribution in [0.25, 0.3) is 0 Å². The quantitative estimate of drug-likeness (QED) is 0.330. The summed E-state index contributed by atoms with van der Waals surface area (Å²) >= 11 is 6.01. The molecule has 3 aromatic carbocycles. The molecule has 212 valence electrons. The maximum atomic E-state index is 13.9. The number of nitrogens with one attached hydrogen (secondary N) is 1. The van der Waals surface area contributed by atoms with E-state index in [-0.39, 0.29) is 23.4 Å². The van der Waals surface area contributed by atoms with Crippen molar-refractivity contribution in [3.8, 4) is 0 Å². The molecule has 0 unspecified atom stereocenters. The van der Waals surface area contributed by atoms with E-state index in [2.05, 4.69) is 5.32 Å². The zero-order valence-corrected chi connectivity index (χ0v) is 24.5. The minimum atomic E-state index is -4.12. The monoisotopic (exact) mass is 581 g/mol. The summed E-state index contributed by atoms with van der Waals surface area (Å²) in [4.78, 5) is 28.7. The van der Waals surface area contributed by atoms with Gasteiger partial charge in [0.25, 0.3) is 10.0 Å². The number of sulfonamides is 1. The van der Waals surface area contributed by atoms with Gasteiger partial charge >= 0.3 is 0 Å². The zero-order chi connectivity index (χ0) is 28.7. The molecule has 1 saturated carbocycles. The summed E-state index contributed by atoms with van der Waals surface area (Å²) in [6.45, 7) is 3.43. The molecule has 0 spiro atoms. The van der Waals surface area contributed by atoms with Crippen molar-refractivity contribution in [2.45, 2.75) is 62.9 Å². The van der Waals surface area contributed by atoms with Crippen LogP contribution in [0.5, 0.6) is 0 Å². The first kappa shape index (κ1) is 29.6. The molecule has 4 rings (SSSR count). The number of hydrogen-bond acceptors (Lipinski definition) is 4. The molecule has 3 aromatic rings. The summed E-state index contributed by atoms with van der Waals surface area (Å²) in [5.41, 5.74) is 2.34. The van der Waals surface area contributed by atoms with E-state index in [1.807, 2.05) is 37.3 Å². The number of carbonyl (C=O) groups is 2. The molecule has 0 saturated heterocycles. The molecule has 0 aliphatic heterocycles. The van der Waals surface area contributed by atoms with Gasteiger partial charge in [-0.2, -0.15) is 0 Å². The topological polar surface area (TPSA) is 86.8 Å². The molecule has 0 aromatic heterocycles. The highest BCUT2D eigenvalue weighted by Crippen LogP contribution is 2.26. The van der Waals surface area contributed by atoms with E-state index in [1.54, 1.807) is 31.2 Å². The van der Waals surface area contributed by atoms with Crippen molar-refractivity contribution in [2.75, 3.05) is 17.4 Å². The van der Waals surface area contributed by atoms with E-state index in [9.17, 15) is 18.0 Å². The van der Waals surface area contributed by atoms with E-state index in [4.69, 9.17) is 11.6 Å². The van der Waals surface area contributed by atoms with Crippen LogP contribution in [-0.2, 0) is 26.0 Å². The van der Waals surface area contributed by atoms with Crippen LogP contribution in [0.15, 0.2) is 83.8 Å². The molecule has 1 fully saturated rings. The lowest BCUT2D eigenvalue weighted by molar-refractivity contribution is -0.139. The average molecular weight is 582 g/mol. The van der Waals surface area contributed by atoms with Crippen LogP contribution < -0.4 is 9.62 Å². The molecule has 9 heteroatoms. The number of carbonyl (C=O) groups excluding carboxylic acids is 2. The second kappa shape index (κ2) is 13.3. The van der Waals surface area contributed by atoms with E-state index in [0.717, 1.165) is 41.1 Å². The van der Waals surface area contributed by atoms with Crippen LogP contribution in [0, 0.1) is 6.92 Å². The fraction of sp³-hybridized carbons (Fsp3) is 0.355. The molecule has 0 radical (unpaired) electrons. The Hall–Kier alpha value is -3.36. The summed E-state index contributed by atoms with van der Waals surface area (Å²) in [6.07, 6.45) is 4.53. The Morgan fingerprint density at radius 3 is 2.20 bits per heavy atom. The second-order valence-electron chi connectivity index (χ2n) is 10.3. The summed E-state index contributed by atoms with van der Waals surface area (Å²) in [6, 6.07) is 21.9. The highest BCUT2D eigenvalue weighted by atomic mass is 35.5. The number of anilines is 1. The van der Waals surface area contributed by atoms with Crippen molar-refractivity contribution >= 4 is 39.1 Å². The number of rotatable bonds is 11. The molecule has 0 bridgehead atoms. The van der Waals surface area contributed by atoms with Crippen molar-refractivity contribution < 1.29 is 18.0 Å². The van der Waals surface area contributed by atoms with E-state index in [0.29, 0.717) is 17.1 Å². The molecule has 40 heavy (non-hydrogen) atoms. The molecule has 1 aliphatic rings. The van der Waals surface area contributed by atoms with Crippen molar-refractivity contribution in [3.63, 3.8) is 0 Å². The Labute approximate surface area is 242 Å². The van der Waals surface area contributed by atoms with Gasteiger partial charge in [0.2, 0.25) is 11.8 Å². The number of amides is 2. The van der Waals surface area contributed by atoms with Crippen LogP contribution >= 0.6 is 11.6 Å².